The highest BCUT2D eigenvalue weighted by Gasteiger charge is 2.30. The Morgan fingerprint density at radius 3 is 2.35 bits per heavy atom. The second-order valence-corrected chi connectivity index (χ2v) is 5.94. The van der Waals surface area contributed by atoms with Crippen LogP contribution in [-0.2, 0) is 4.79 Å². The van der Waals surface area contributed by atoms with Gasteiger partial charge in [-0.25, -0.2) is 0 Å². The number of β-amino-alcohol motifs (C(OH)–C–C–N with tert-alkyl or cyclic N) is 1. The van der Waals surface area contributed by atoms with E-state index in [1.54, 1.807) is 0 Å². The maximum atomic E-state index is 12.5. The molecule has 116 valence electrons. The number of rotatable bonds is 4. The summed E-state index contributed by atoms with van der Waals surface area (Å²) in [6, 6.07) is 0.219. The molecule has 0 aliphatic carbocycles. The van der Waals surface area contributed by atoms with Crippen LogP contribution in [0.5, 0.6) is 0 Å². The number of piperazine rings is 1. The summed E-state index contributed by atoms with van der Waals surface area (Å²) >= 11 is 0. The van der Waals surface area contributed by atoms with Gasteiger partial charge in [-0.05, 0) is 19.8 Å². The number of likely N-dealkylation sites (tertiary alicyclic amines) is 1. The van der Waals surface area contributed by atoms with Crippen LogP contribution >= 0.6 is 0 Å². The van der Waals surface area contributed by atoms with E-state index in [2.05, 4.69) is 9.80 Å². The van der Waals surface area contributed by atoms with Crippen molar-refractivity contribution in [2.24, 2.45) is 5.73 Å². The number of nitrogens with zero attached hydrogens (tertiary/aromatic N) is 3. The molecule has 0 aromatic heterocycles. The van der Waals surface area contributed by atoms with Gasteiger partial charge in [-0.1, -0.05) is 0 Å². The van der Waals surface area contributed by atoms with E-state index in [4.69, 9.17) is 10.8 Å². The molecule has 6 nitrogen and oxygen atoms in total. The van der Waals surface area contributed by atoms with Gasteiger partial charge < -0.3 is 15.7 Å². The van der Waals surface area contributed by atoms with Gasteiger partial charge in [0.15, 0.2) is 0 Å². The van der Waals surface area contributed by atoms with Crippen LogP contribution in [0.15, 0.2) is 0 Å². The van der Waals surface area contributed by atoms with Crippen LogP contribution in [0.3, 0.4) is 0 Å². The summed E-state index contributed by atoms with van der Waals surface area (Å²) in [7, 11) is 0. The minimum Gasteiger partial charge on any atom is -0.395 e. The van der Waals surface area contributed by atoms with Crippen LogP contribution < -0.4 is 5.73 Å². The number of amides is 1. The number of carbonyl (C=O) groups is 1. The largest absolute Gasteiger partial charge is 0.395 e. The Bertz CT molecular complexity index is 310. The van der Waals surface area contributed by atoms with E-state index >= 15 is 0 Å². The van der Waals surface area contributed by atoms with Crippen molar-refractivity contribution in [3.63, 3.8) is 0 Å². The van der Waals surface area contributed by atoms with Crippen molar-refractivity contribution < 1.29 is 9.90 Å². The number of nitrogens with two attached hydrogens (primary N) is 1. The summed E-state index contributed by atoms with van der Waals surface area (Å²) in [5.41, 5.74) is 5.89. The van der Waals surface area contributed by atoms with E-state index in [0.29, 0.717) is 0 Å². The molecule has 20 heavy (non-hydrogen) atoms. The van der Waals surface area contributed by atoms with Gasteiger partial charge >= 0.3 is 0 Å². The molecule has 1 atom stereocenters. The highest BCUT2D eigenvalue weighted by molar-refractivity contribution is 5.81. The van der Waals surface area contributed by atoms with E-state index < -0.39 is 0 Å². The third-order valence-electron chi connectivity index (χ3n) is 4.58. The Morgan fingerprint density at radius 1 is 1.20 bits per heavy atom. The maximum absolute atomic E-state index is 12.5. The van der Waals surface area contributed by atoms with Crippen molar-refractivity contribution in [2.75, 3.05) is 52.4 Å². The number of hydrogen-bond acceptors (Lipinski definition) is 5. The molecular formula is C14H28N4O2. The summed E-state index contributed by atoms with van der Waals surface area (Å²) in [4.78, 5) is 19.0. The van der Waals surface area contributed by atoms with E-state index in [1.165, 1.54) is 0 Å². The topological polar surface area (TPSA) is 73.0 Å². The lowest BCUT2D eigenvalue weighted by atomic mass is 10.0. The van der Waals surface area contributed by atoms with Gasteiger partial charge in [0, 0.05) is 51.9 Å². The second kappa shape index (κ2) is 7.36. The van der Waals surface area contributed by atoms with Gasteiger partial charge in [0.1, 0.15) is 0 Å². The number of carbonyl (C=O) groups excluding carboxylic acids is 1. The van der Waals surface area contributed by atoms with Crippen molar-refractivity contribution in [3.05, 3.63) is 0 Å². The van der Waals surface area contributed by atoms with Crippen LogP contribution in [0.4, 0.5) is 0 Å². The van der Waals surface area contributed by atoms with Gasteiger partial charge in [-0.3, -0.25) is 14.6 Å². The standard InChI is InChI=1S/C14H28N4O2/c1-12(14(20)18-4-2-13(15)3-5-18)17-8-6-16(7-9-17)10-11-19/h12-13,19H,2-11,15H2,1H3. The van der Waals surface area contributed by atoms with E-state index in [-0.39, 0.29) is 24.6 Å². The van der Waals surface area contributed by atoms with Crippen molar-refractivity contribution in [2.45, 2.75) is 31.8 Å². The summed E-state index contributed by atoms with van der Waals surface area (Å²) in [6.07, 6.45) is 1.84. The van der Waals surface area contributed by atoms with Crippen molar-refractivity contribution >= 4 is 5.91 Å². The highest BCUT2D eigenvalue weighted by atomic mass is 16.3. The molecule has 6 heteroatoms. The summed E-state index contributed by atoms with van der Waals surface area (Å²) in [5.74, 6) is 0.243. The first-order valence-corrected chi connectivity index (χ1v) is 7.73. The first-order chi connectivity index (χ1) is 9.61. The SMILES string of the molecule is CC(C(=O)N1CCC(N)CC1)N1CCN(CCO)CC1. The summed E-state index contributed by atoms with van der Waals surface area (Å²) in [5, 5.41) is 8.95. The fraction of sp³-hybridized carbons (Fsp3) is 0.929. The molecule has 0 radical (unpaired) electrons. The van der Waals surface area contributed by atoms with E-state index in [1.807, 2.05) is 11.8 Å². The van der Waals surface area contributed by atoms with Crippen LogP contribution in [0.25, 0.3) is 0 Å². The number of piperidine rings is 1. The molecule has 3 N–H and O–H groups in total. The molecule has 2 aliphatic rings. The average molecular weight is 284 g/mol. The molecule has 1 amide bonds. The van der Waals surface area contributed by atoms with Crippen molar-refractivity contribution in [1.82, 2.24) is 14.7 Å². The molecular weight excluding hydrogens is 256 g/mol. The minimum absolute atomic E-state index is 0.0411. The maximum Gasteiger partial charge on any atom is 0.239 e. The number of aliphatic hydroxyl groups excluding tert-OH is 1. The molecule has 0 bridgehead atoms. The zero-order valence-electron chi connectivity index (χ0n) is 12.5. The van der Waals surface area contributed by atoms with Crippen LogP contribution in [0, 0.1) is 0 Å². The van der Waals surface area contributed by atoms with E-state index in [0.717, 1.165) is 58.7 Å². The fourth-order valence-corrected chi connectivity index (χ4v) is 3.06. The molecule has 0 aromatic carbocycles. The smallest absolute Gasteiger partial charge is 0.239 e. The van der Waals surface area contributed by atoms with Crippen molar-refractivity contribution in [1.29, 1.82) is 0 Å². The van der Waals surface area contributed by atoms with Gasteiger partial charge in [-0.15, -0.1) is 0 Å². The van der Waals surface area contributed by atoms with Crippen LogP contribution in [0.2, 0.25) is 0 Å². The van der Waals surface area contributed by atoms with E-state index in [9.17, 15) is 4.79 Å². The monoisotopic (exact) mass is 284 g/mol. The zero-order valence-corrected chi connectivity index (χ0v) is 12.5. The Labute approximate surface area is 121 Å². The predicted octanol–water partition coefficient (Wildman–Crippen LogP) is -1.07. The predicted molar refractivity (Wildman–Crippen MR) is 78.4 cm³/mol. The third kappa shape index (κ3) is 3.91. The van der Waals surface area contributed by atoms with Crippen molar-refractivity contribution in [3.8, 4) is 0 Å². The van der Waals surface area contributed by atoms with Gasteiger partial charge in [0.25, 0.3) is 0 Å². The lowest BCUT2D eigenvalue weighted by molar-refractivity contribution is -0.138. The van der Waals surface area contributed by atoms with Gasteiger partial charge in [0.05, 0.1) is 12.6 Å². The molecule has 2 fully saturated rings. The summed E-state index contributed by atoms with van der Waals surface area (Å²) in [6.45, 7) is 8.23. The van der Waals surface area contributed by atoms with Gasteiger partial charge in [-0.2, -0.15) is 0 Å². The first kappa shape index (κ1) is 15.7. The highest BCUT2D eigenvalue weighted by Crippen LogP contribution is 2.13. The molecule has 0 saturated carbocycles. The molecule has 0 aromatic rings. The number of aliphatic hydroxyl groups is 1. The molecule has 0 spiro atoms. The Morgan fingerprint density at radius 2 is 1.80 bits per heavy atom. The fourth-order valence-electron chi connectivity index (χ4n) is 3.06. The first-order valence-electron chi connectivity index (χ1n) is 7.73. The lowest BCUT2D eigenvalue weighted by Crippen LogP contribution is -2.56. The lowest BCUT2D eigenvalue weighted by Gasteiger charge is -2.40. The number of hydrogen-bond donors (Lipinski definition) is 2. The third-order valence-corrected chi connectivity index (χ3v) is 4.58. The normalized spacial score (nSPS) is 24.9. The van der Waals surface area contributed by atoms with Crippen LogP contribution in [-0.4, -0.2) is 90.2 Å². The average Bonchev–Trinajstić information content (AvgIpc) is 2.48. The Kier molecular flexibility index (Phi) is 5.77. The zero-order chi connectivity index (χ0) is 14.5. The molecule has 2 saturated heterocycles. The minimum atomic E-state index is -0.0411. The van der Waals surface area contributed by atoms with Crippen LogP contribution in [0.1, 0.15) is 19.8 Å². The molecule has 2 rings (SSSR count). The molecule has 2 aliphatic heterocycles. The summed E-state index contributed by atoms with van der Waals surface area (Å²) < 4.78 is 0. The molecule has 2 heterocycles. The Balaban J connectivity index is 1.79. The quantitative estimate of drug-likeness (QED) is 0.688. The Hall–Kier alpha value is -0.690. The molecule has 1 unspecified atom stereocenters. The second-order valence-electron chi connectivity index (χ2n) is 5.94. The van der Waals surface area contributed by atoms with Gasteiger partial charge in [0.2, 0.25) is 5.91 Å².